The number of hydrogen-bond donors (Lipinski definition) is 2. The minimum atomic E-state index is -1.00. The van der Waals surface area contributed by atoms with Crippen LogP contribution < -0.4 is 5.32 Å². The van der Waals surface area contributed by atoms with Crippen LogP contribution >= 0.6 is 0 Å². The van der Waals surface area contributed by atoms with E-state index in [1.54, 1.807) is 13.8 Å². The number of nitrogens with one attached hydrogen (secondary N) is 1. The second-order valence-corrected chi connectivity index (χ2v) is 3.56. The molecule has 0 saturated carbocycles. The Morgan fingerprint density at radius 2 is 2.12 bits per heavy atom. The second kappa shape index (κ2) is 6.15. The zero-order valence-electron chi connectivity index (χ0n) is 10.3. The first-order chi connectivity index (χ1) is 8.07. The molecule has 0 atom stereocenters. The van der Waals surface area contributed by atoms with E-state index in [2.05, 4.69) is 15.5 Å². The first kappa shape index (κ1) is 13.4. The molecule has 94 valence electrons. The van der Waals surface area contributed by atoms with Crippen LogP contribution in [-0.4, -0.2) is 41.0 Å². The van der Waals surface area contributed by atoms with Crippen LogP contribution in [0.5, 0.6) is 0 Å². The van der Waals surface area contributed by atoms with Gasteiger partial charge >= 0.3 is 5.97 Å². The van der Waals surface area contributed by atoms with Crippen LogP contribution in [0.1, 0.15) is 28.5 Å². The third-order valence-corrected chi connectivity index (χ3v) is 2.41. The highest BCUT2D eigenvalue weighted by Crippen LogP contribution is 2.17. The van der Waals surface area contributed by atoms with Crippen LogP contribution in [0.3, 0.4) is 0 Å². The maximum atomic E-state index is 11.1. The number of hydrogen-bond acceptors (Lipinski definition) is 5. The molecule has 1 heterocycles. The molecule has 0 fully saturated rings. The molecule has 0 bridgehead atoms. The lowest BCUT2D eigenvalue weighted by Crippen LogP contribution is -2.16. The fourth-order valence-electron chi connectivity index (χ4n) is 1.38. The Balaban J connectivity index is 2.84. The summed E-state index contributed by atoms with van der Waals surface area (Å²) in [5, 5.41) is 19.8. The van der Waals surface area contributed by atoms with Crippen molar-refractivity contribution in [1.82, 2.24) is 10.2 Å². The average Bonchev–Trinajstić information content (AvgIpc) is 2.28. The molecule has 17 heavy (non-hydrogen) atoms. The number of aryl methyl sites for hydroxylation is 1. The van der Waals surface area contributed by atoms with Crippen LogP contribution in [0.15, 0.2) is 0 Å². The molecular weight excluding hydrogens is 222 g/mol. The van der Waals surface area contributed by atoms with Crippen LogP contribution in [0.25, 0.3) is 0 Å². The molecule has 0 amide bonds. The van der Waals surface area contributed by atoms with E-state index in [-0.39, 0.29) is 5.56 Å². The van der Waals surface area contributed by atoms with E-state index in [4.69, 9.17) is 9.84 Å². The summed E-state index contributed by atoms with van der Waals surface area (Å²) in [5.41, 5.74) is 1.43. The summed E-state index contributed by atoms with van der Waals surface area (Å²) < 4.78 is 5.15. The van der Waals surface area contributed by atoms with Crippen molar-refractivity contribution >= 4 is 11.8 Å². The fourth-order valence-corrected chi connectivity index (χ4v) is 1.38. The van der Waals surface area contributed by atoms with E-state index >= 15 is 0 Å². The third kappa shape index (κ3) is 3.39. The minimum Gasteiger partial charge on any atom is -0.478 e. The van der Waals surface area contributed by atoms with E-state index in [1.165, 1.54) is 0 Å². The highest BCUT2D eigenvalue weighted by atomic mass is 16.5. The fraction of sp³-hybridized carbons (Fsp3) is 0.545. The van der Waals surface area contributed by atoms with Crippen molar-refractivity contribution in [1.29, 1.82) is 0 Å². The van der Waals surface area contributed by atoms with Crippen LogP contribution in [0, 0.1) is 13.8 Å². The van der Waals surface area contributed by atoms with E-state index in [1.807, 2.05) is 6.92 Å². The van der Waals surface area contributed by atoms with E-state index in [0.717, 1.165) is 0 Å². The molecular formula is C11H17N3O3. The normalized spacial score (nSPS) is 10.3. The lowest BCUT2D eigenvalue weighted by atomic mass is 10.1. The molecule has 1 rings (SSSR count). The van der Waals surface area contributed by atoms with Gasteiger partial charge in [-0.15, -0.1) is 5.10 Å². The highest BCUT2D eigenvalue weighted by molar-refractivity contribution is 5.94. The monoisotopic (exact) mass is 239 g/mol. The van der Waals surface area contributed by atoms with Crippen LogP contribution in [0.4, 0.5) is 5.82 Å². The van der Waals surface area contributed by atoms with Gasteiger partial charge in [0.1, 0.15) is 5.56 Å². The maximum Gasteiger partial charge on any atom is 0.339 e. The number of anilines is 1. The van der Waals surface area contributed by atoms with Gasteiger partial charge in [-0.3, -0.25) is 0 Å². The van der Waals surface area contributed by atoms with Gasteiger partial charge in [-0.25, -0.2) is 4.79 Å². The molecule has 0 aliphatic rings. The topological polar surface area (TPSA) is 84.3 Å². The largest absolute Gasteiger partial charge is 0.478 e. The average molecular weight is 239 g/mol. The quantitative estimate of drug-likeness (QED) is 0.726. The van der Waals surface area contributed by atoms with E-state index < -0.39 is 5.97 Å². The number of carboxylic acid groups (broad SMARTS) is 1. The van der Waals surface area contributed by atoms with Crippen molar-refractivity contribution in [3.8, 4) is 0 Å². The van der Waals surface area contributed by atoms with Crippen LogP contribution in [-0.2, 0) is 4.74 Å². The molecule has 6 nitrogen and oxygen atoms in total. The third-order valence-electron chi connectivity index (χ3n) is 2.41. The van der Waals surface area contributed by atoms with Crippen molar-refractivity contribution in [2.24, 2.45) is 0 Å². The molecule has 0 saturated heterocycles. The zero-order chi connectivity index (χ0) is 12.8. The molecule has 0 aliphatic carbocycles. The predicted molar refractivity (Wildman–Crippen MR) is 63.4 cm³/mol. The standard InChI is InChI=1S/C11H17N3O3/c1-4-17-6-5-12-10-9(11(15)16)7(2)8(3)13-14-10/h4-6H2,1-3H3,(H,12,14)(H,15,16). The lowest BCUT2D eigenvalue weighted by molar-refractivity contribution is 0.0696. The smallest absolute Gasteiger partial charge is 0.339 e. The number of aromatic carboxylic acids is 1. The molecule has 0 aromatic carbocycles. The summed E-state index contributed by atoms with van der Waals surface area (Å²) in [6.45, 7) is 7.00. The summed E-state index contributed by atoms with van der Waals surface area (Å²) in [6, 6.07) is 0. The molecule has 0 unspecified atom stereocenters. The maximum absolute atomic E-state index is 11.1. The van der Waals surface area contributed by atoms with Gasteiger partial charge in [-0.2, -0.15) is 5.10 Å². The first-order valence-electron chi connectivity index (χ1n) is 5.46. The van der Waals surface area contributed by atoms with Crippen molar-refractivity contribution in [2.75, 3.05) is 25.1 Å². The van der Waals surface area contributed by atoms with Gasteiger partial charge in [0.25, 0.3) is 0 Å². The molecule has 1 aromatic heterocycles. The molecule has 2 N–H and O–H groups in total. The van der Waals surface area contributed by atoms with Crippen molar-refractivity contribution in [2.45, 2.75) is 20.8 Å². The van der Waals surface area contributed by atoms with Crippen molar-refractivity contribution < 1.29 is 14.6 Å². The first-order valence-corrected chi connectivity index (χ1v) is 5.46. The van der Waals surface area contributed by atoms with E-state index in [0.29, 0.717) is 36.8 Å². The number of carboxylic acids is 1. The summed E-state index contributed by atoms with van der Waals surface area (Å²) >= 11 is 0. The van der Waals surface area contributed by atoms with Crippen LogP contribution in [0.2, 0.25) is 0 Å². The number of carbonyl (C=O) groups is 1. The van der Waals surface area contributed by atoms with Gasteiger partial charge in [0, 0.05) is 13.2 Å². The Bertz CT molecular complexity index is 407. The number of rotatable bonds is 6. The Labute approximate surface area is 100 Å². The Hall–Kier alpha value is -1.69. The number of ether oxygens (including phenoxy) is 1. The summed E-state index contributed by atoms with van der Waals surface area (Å²) in [7, 11) is 0. The van der Waals surface area contributed by atoms with Gasteiger partial charge < -0.3 is 15.2 Å². The Morgan fingerprint density at radius 3 is 2.71 bits per heavy atom. The summed E-state index contributed by atoms with van der Waals surface area (Å²) in [4.78, 5) is 11.1. The number of aromatic nitrogens is 2. The summed E-state index contributed by atoms with van der Waals surface area (Å²) in [5.74, 6) is -0.709. The number of nitrogens with zero attached hydrogens (tertiary/aromatic N) is 2. The Kier molecular flexibility index (Phi) is 4.84. The van der Waals surface area contributed by atoms with Gasteiger partial charge in [0.2, 0.25) is 0 Å². The molecule has 0 aliphatic heterocycles. The predicted octanol–water partition coefficient (Wildman–Crippen LogP) is 1.24. The second-order valence-electron chi connectivity index (χ2n) is 3.56. The van der Waals surface area contributed by atoms with E-state index in [9.17, 15) is 4.79 Å². The van der Waals surface area contributed by atoms with Gasteiger partial charge in [0.05, 0.1) is 12.3 Å². The SMILES string of the molecule is CCOCCNc1nnc(C)c(C)c1C(=O)O. The zero-order valence-corrected chi connectivity index (χ0v) is 10.3. The molecule has 1 aromatic rings. The molecule has 6 heteroatoms. The molecule has 0 spiro atoms. The minimum absolute atomic E-state index is 0.175. The summed E-state index contributed by atoms with van der Waals surface area (Å²) in [6.07, 6.45) is 0. The van der Waals surface area contributed by atoms with Crippen molar-refractivity contribution in [3.05, 3.63) is 16.8 Å². The molecule has 0 radical (unpaired) electrons. The van der Waals surface area contributed by atoms with Gasteiger partial charge in [-0.05, 0) is 26.3 Å². The lowest BCUT2D eigenvalue weighted by Gasteiger charge is -2.11. The van der Waals surface area contributed by atoms with Gasteiger partial charge in [-0.1, -0.05) is 0 Å². The van der Waals surface area contributed by atoms with Crippen molar-refractivity contribution in [3.63, 3.8) is 0 Å². The highest BCUT2D eigenvalue weighted by Gasteiger charge is 2.17. The Morgan fingerprint density at radius 1 is 1.41 bits per heavy atom. The van der Waals surface area contributed by atoms with Gasteiger partial charge in [0.15, 0.2) is 5.82 Å².